The van der Waals surface area contributed by atoms with Gasteiger partial charge in [-0.15, -0.1) is 0 Å². The molecule has 2 aliphatic heterocycles. The van der Waals surface area contributed by atoms with Crippen molar-refractivity contribution >= 4 is 0 Å². The maximum Gasteiger partial charge on any atom is 0.111 e. The van der Waals surface area contributed by atoms with Gasteiger partial charge in [-0.05, 0) is 33.6 Å². The molecule has 4 nitrogen and oxygen atoms in total. The van der Waals surface area contributed by atoms with Gasteiger partial charge in [-0.2, -0.15) is 5.26 Å². The first kappa shape index (κ1) is 14.8. The van der Waals surface area contributed by atoms with E-state index in [9.17, 15) is 5.26 Å². The van der Waals surface area contributed by atoms with Crippen molar-refractivity contribution in [2.45, 2.75) is 45.8 Å². The summed E-state index contributed by atoms with van der Waals surface area (Å²) in [6.07, 6.45) is 0. The molecule has 2 rings (SSSR count). The van der Waals surface area contributed by atoms with Crippen LogP contribution in [0.3, 0.4) is 0 Å². The molecule has 0 aromatic heterocycles. The van der Waals surface area contributed by atoms with Crippen LogP contribution < -0.4 is 0 Å². The summed E-state index contributed by atoms with van der Waals surface area (Å²) in [5, 5.41) is 9.38. The van der Waals surface area contributed by atoms with Crippen molar-refractivity contribution in [1.29, 1.82) is 5.26 Å². The number of piperazine rings is 1. The summed E-state index contributed by atoms with van der Waals surface area (Å²) >= 11 is 0. The topological polar surface area (TPSA) is 33.5 Å². The molecule has 0 aromatic rings. The van der Waals surface area contributed by atoms with Crippen molar-refractivity contribution < 1.29 is 0 Å². The summed E-state index contributed by atoms with van der Waals surface area (Å²) in [6, 6.07) is 3.81. The van der Waals surface area contributed by atoms with Crippen LogP contribution in [-0.4, -0.2) is 72.1 Å². The molecule has 0 unspecified atom stereocenters. The molecule has 108 valence electrons. The normalized spacial score (nSPS) is 27.7. The Bertz CT molecular complexity index is 328. The predicted octanol–water partition coefficient (Wildman–Crippen LogP) is 1.24. The van der Waals surface area contributed by atoms with Gasteiger partial charge in [-0.1, -0.05) is 0 Å². The lowest BCUT2D eigenvalue weighted by atomic mass is 9.96. The minimum absolute atomic E-state index is 0.0873. The molecule has 4 heteroatoms. The van der Waals surface area contributed by atoms with Crippen molar-refractivity contribution in [2.75, 3.05) is 39.3 Å². The molecule has 2 heterocycles. The first-order valence-electron chi connectivity index (χ1n) is 7.63. The van der Waals surface area contributed by atoms with Crippen LogP contribution in [0.5, 0.6) is 0 Å². The summed E-state index contributed by atoms with van der Waals surface area (Å²) in [6.45, 7) is 15.5. The summed E-state index contributed by atoms with van der Waals surface area (Å²) in [5.74, 6) is 0.767. The van der Waals surface area contributed by atoms with Gasteiger partial charge in [-0.3, -0.25) is 9.80 Å². The Morgan fingerprint density at radius 3 is 2.16 bits per heavy atom. The molecule has 0 aromatic carbocycles. The van der Waals surface area contributed by atoms with Crippen LogP contribution in [0.15, 0.2) is 0 Å². The van der Waals surface area contributed by atoms with E-state index in [-0.39, 0.29) is 6.04 Å². The zero-order chi connectivity index (χ0) is 14.0. The lowest BCUT2D eigenvalue weighted by Gasteiger charge is -2.47. The molecule has 0 bridgehead atoms. The molecule has 2 fully saturated rings. The number of nitrogens with zero attached hydrogens (tertiary/aromatic N) is 4. The fraction of sp³-hybridized carbons (Fsp3) is 0.933. The zero-order valence-corrected chi connectivity index (χ0v) is 12.8. The van der Waals surface area contributed by atoms with Gasteiger partial charge in [0, 0.05) is 51.4 Å². The number of nitriles is 1. The molecular weight excluding hydrogens is 236 g/mol. The van der Waals surface area contributed by atoms with Crippen LogP contribution in [0.1, 0.15) is 27.7 Å². The van der Waals surface area contributed by atoms with E-state index in [1.807, 2.05) is 0 Å². The molecule has 0 aliphatic carbocycles. The highest BCUT2D eigenvalue weighted by Gasteiger charge is 2.34. The zero-order valence-electron chi connectivity index (χ0n) is 12.8. The minimum atomic E-state index is 0.0873. The summed E-state index contributed by atoms with van der Waals surface area (Å²) in [7, 11) is 0. The first-order valence-corrected chi connectivity index (χ1v) is 7.63. The van der Waals surface area contributed by atoms with Crippen LogP contribution in [-0.2, 0) is 0 Å². The van der Waals surface area contributed by atoms with E-state index < -0.39 is 0 Å². The monoisotopic (exact) mass is 264 g/mol. The predicted molar refractivity (Wildman–Crippen MR) is 77.9 cm³/mol. The Morgan fingerprint density at radius 2 is 1.63 bits per heavy atom. The SMILES string of the molecule is CC(C)N1CC(CN2CCN(C(C)C)C[C@@H]2C#N)C1. The van der Waals surface area contributed by atoms with Crippen molar-refractivity contribution in [3.05, 3.63) is 0 Å². The lowest BCUT2D eigenvalue weighted by molar-refractivity contribution is 0.0122. The largest absolute Gasteiger partial charge is 0.300 e. The van der Waals surface area contributed by atoms with Crippen molar-refractivity contribution in [3.8, 4) is 6.07 Å². The van der Waals surface area contributed by atoms with Crippen LogP contribution in [0.2, 0.25) is 0 Å². The van der Waals surface area contributed by atoms with Gasteiger partial charge in [0.15, 0.2) is 0 Å². The van der Waals surface area contributed by atoms with Gasteiger partial charge in [-0.25, -0.2) is 0 Å². The van der Waals surface area contributed by atoms with Gasteiger partial charge < -0.3 is 4.90 Å². The standard InChI is InChI=1S/C15H28N4/c1-12(2)17-5-6-18(15(7-16)11-17)8-14-9-19(10-14)13(3)4/h12-15H,5-6,8-11H2,1-4H3/t15-/m0/s1. The molecule has 19 heavy (non-hydrogen) atoms. The van der Waals surface area contributed by atoms with Crippen molar-refractivity contribution in [2.24, 2.45) is 5.92 Å². The average molecular weight is 264 g/mol. The summed E-state index contributed by atoms with van der Waals surface area (Å²) < 4.78 is 0. The fourth-order valence-electron chi connectivity index (χ4n) is 3.13. The quantitative estimate of drug-likeness (QED) is 0.765. The number of hydrogen-bond acceptors (Lipinski definition) is 4. The third-order valence-corrected chi connectivity index (χ3v) is 4.61. The molecule has 2 aliphatic rings. The number of hydrogen-bond donors (Lipinski definition) is 0. The van der Waals surface area contributed by atoms with E-state index in [0.29, 0.717) is 12.1 Å². The maximum absolute atomic E-state index is 9.38. The van der Waals surface area contributed by atoms with E-state index >= 15 is 0 Å². The Labute approximate surface area is 118 Å². The number of rotatable bonds is 4. The molecule has 0 amide bonds. The van der Waals surface area contributed by atoms with Gasteiger partial charge >= 0.3 is 0 Å². The highest BCUT2D eigenvalue weighted by molar-refractivity contribution is 4.99. The Morgan fingerprint density at radius 1 is 1.00 bits per heavy atom. The van der Waals surface area contributed by atoms with E-state index in [0.717, 1.165) is 32.1 Å². The Hall–Kier alpha value is -0.630. The van der Waals surface area contributed by atoms with E-state index in [1.165, 1.54) is 13.1 Å². The third-order valence-electron chi connectivity index (χ3n) is 4.61. The molecule has 1 atom stereocenters. The highest BCUT2D eigenvalue weighted by Crippen LogP contribution is 2.22. The van der Waals surface area contributed by atoms with Crippen LogP contribution in [0.25, 0.3) is 0 Å². The van der Waals surface area contributed by atoms with Crippen molar-refractivity contribution in [1.82, 2.24) is 14.7 Å². The molecule has 0 saturated carbocycles. The molecule has 0 spiro atoms. The maximum atomic E-state index is 9.38. The van der Waals surface area contributed by atoms with E-state index in [4.69, 9.17) is 0 Å². The van der Waals surface area contributed by atoms with Crippen LogP contribution in [0, 0.1) is 17.2 Å². The van der Waals surface area contributed by atoms with Gasteiger partial charge in [0.25, 0.3) is 0 Å². The smallest absolute Gasteiger partial charge is 0.111 e. The second kappa shape index (κ2) is 6.21. The average Bonchev–Trinajstić information content (AvgIpc) is 2.32. The van der Waals surface area contributed by atoms with Gasteiger partial charge in [0.05, 0.1) is 6.07 Å². The second-order valence-electron chi connectivity index (χ2n) is 6.64. The molecular formula is C15H28N4. The molecule has 0 radical (unpaired) electrons. The number of likely N-dealkylation sites (tertiary alicyclic amines) is 1. The second-order valence-corrected chi connectivity index (χ2v) is 6.64. The van der Waals surface area contributed by atoms with Crippen LogP contribution >= 0.6 is 0 Å². The highest BCUT2D eigenvalue weighted by atomic mass is 15.3. The Kier molecular flexibility index (Phi) is 4.83. The first-order chi connectivity index (χ1) is 9.01. The summed E-state index contributed by atoms with van der Waals surface area (Å²) in [4.78, 5) is 7.34. The summed E-state index contributed by atoms with van der Waals surface area (Å²) in [5.41, 5.74) is 0. The van der Waals surface area contributed by atoms with Gasteiger partial charge in [0.2, 0.25) is 0 Å². The van der Waals surface area contributed by atoms with Crippen LogP contribution in [0.4, 0.5) is 0 Å². The van der Waals surface area contributed by atoms with Gasteiger partial charge in [0.1, 0.15) is 6.04 Å². The molecule has 2 saturated heterocycles. The lowest BCUT2D eigenvalue weighted by Crippen LogP contribution is -2.59. The minimum Gasteiger partial charge on any atom is -0.300 e. The Balaban J connectivity index is 1.80. The van der Waals surface area contributed by atoms with Crippen molar-refractivity contribution in [3.63, 3.8) is 0 Å². The third kappa shape index (κ3) is 3.47. The van der Waals surface area contributed by atoms with E-state index in [2.05, 4.69) is 48.5 Å². The van der Waals surface area contributed by atoms with E-state index in [1.54, 1.807) is 0 Å². The molecule has 0 N–H and O–H groups in total. The fourth-order valence-corrected chi connectivity index (χ4v) is 3.13.